The molecule has 3 fully saturated rings. The number of anilines is 1. The molecule has 3 aliphatic rings. The highest BCUT2D eigenvalue weighted by Gasteiger charge is 2.30. The molecular weight excluding hydrogens is 426 g/mol. The average Bonchev–Trinajstić information content (AvgIpc) is 3.44. The molecule has 0 bridgehead atoms. The van der Waals surface area contributed by atoms with E-state index in [1.807, 2.05) is 6.33 Å². The second kappa shape index (κ2) is 8.62. The van der Waals surface area contributed by atoms with E-state index in [2.05, 4.69) is 64.3 Å². The van der Waals surface area contributed by atoms with Crippen molar-refractivity contribution in [1.82, 2.24) is 20.2 Å². The van der Waals surface area contributed by atoms with Crippen molar-refractivity contribution >= 4 is 22.6 Å². The second-order valence-electron chi connectivity index (χ2n) is 10.1. The maximum Gasteiger partial charge on any atom is 0.220 e. The number of nitrogens with one attached hydrogen (secondary N) is 2. The van der Waals surface area contributed by atoms with E-state index in [0.717, 1.165) is 48.5 Å². The standard InChI is InChI=1S/C27H33N5O2/c1-17-11-19(3-6-24(17)31-9-7-28-8-10-31)20-12-23-27(32(16-30-23)22-4-5-22)25(13-20)34-18(2)21-14-26(33)29-15-21/h3,6,11-13,16,18,21-22,28H,4-5,7-10,14-15H2,1-2H3,(H,29,33)/t18-,21-/m1/s1. The smallest absolute Gasteiger partial charge is 0.220 e. The van der Waals surface area contributed by atoms with E-state index in [-0.39, 0.29) is 17.9 Å². The summed E-state index contributed by atoms with van der Waals surface area (Å²) in [5.41, 5.74) is 6.93. The minimum absolute atomic E-state index is 0.0585. The number of piperazine rings is 1. The van der Waals surface area contributed by atoms with Gasteiger partial charge in [-0.3, -0.25) is 4.79 Å². The fourth-order valence-electron chi connectivity index (χ4n) is 5.37. The number of amides is 1. The Kier molecular flexibility index (Phi) is 5.44. The highest BCUT2D eigenvalue weighted by Crippen LogP contribution is 2.42. The van der Waals surface area contributed by atoms with Crippen LogP contribution in [0.25, 0.3) is 22.2 Å². The number of rotatable bonds is 6. The number of carbonyl (C=O) groups excluding carboxylic acids is 1. The molecule has 0 spiro atoms. The fraction of sp³-hybridized carbons (Fsp3) is 0.481. The van der Waals surface area contributed by atoms with Gasteiger partial charge in [-0.1, -0.05) is 6.07 Å². The molecule has 2 aliphatic heterocycles. The minimum Gasteiger partial charge on any atom is -0.488 e. The van der Waals surface area contributed by atoms with Crippen molar-refractivity contribution in [3.05, 3.63) is 42.2 Å². The van der Waals surface area contributed by atoms with Gasteiger partial charge in [-0.05, 0) is 67.6 Å². The molecule has 6 rings (SSSR count). The molecule has 178 valence electrons. The molecule has 2 aromatic carbocycles. The Morgan fingerprint density at radius 3 is 2.65 bits per heavy atom. The van der Waals surface area contributed by atoms with Crippen molar-refractivity contribution in [2.45, 2.75) is 45.3 Å². The predicted octanol–water partition coefficient (Wildman–Crippen LogP) is 3.66. The zero-order chi connectivity index (χ0) is 23.2. The summed E-state index contributed by atoms with van der Waals surface area (Å²) in [6, 6.07) is 11.6. The van der Waals surface area contributed by atoms with Crippen molar-refractivity contribution in [3.63, 3.8) is 0 Å². The van der Waals surface area contributed by atoms with Gasteiger partial charge in [0, 0.05) is 56.8 Å². The van der Waals surface area contributed by atoms with Crippen LogP contribution < -0.4 is 20.3 Å². The van der Waals surface area contributed by atoms with Crippen molar-refractivity contribution in [1.29, 1.82) is 0 Å². The van der Waals surface area contributed by atoms with Gasteiger partial charge in [0.15, 0.2) is 0 Å². The van der Waals surface area contributed by atoms with Gasteiger partial charge in [0.1, 0.15) is 17.4 Å². The predicted molar refractivity (Wildman–Crippen MR) is 134 cm³/mol. The van der Waals surface area contributed by atoms with Crippen molar-refractivity contribution in [2.75, 3.05) is 37.6 Å². The van der Waals surface area contributed by atoms with Crippen LogP contribution in [0.15, 0.2) is 36.7 Å². The fourth-order valence-corrected chi connectivity index (χ4v) is 5.37. The van der Waals surface area contributed by atoms with E-state index < -0.39 is 0 Å². The molecule has 7 heteroatoms. The Morgan fingerprint density at radius 2 is 1.94 bits per heavy atom. The Labute approximate surface area is 200 Å². The van der Waals surface area contributed by atoms with Gasteiger partial charge >= 0.3 is 0 Å². The third-order valence-corrected chi connectivity index (χ3v) is 7.55. The number of aromatic nitrogens is 2. The Hall–Kier alpha value is -3.06. The van der Waals surface area contributed by atoms with E-state index in [0.29, 0.717) is 19.0 Å². The second-order valence-corrected chi connectivity index (χ2v) is 10.1. The summed E-state index contributed by atoms with van der Waals surface area (Å²) in [6.07, 6.45) is 4.81. The highest BCUT2D eigenvalue weighted by atomic mass is 16.5. The Morgan fingerprint density at radius 1 is 1.12 bits per heavy atom. The number of carbonyl (C=O) groups is 1. The summed E-state index contributed by atoms with van der Waals surface area (Å²) < 4.78 is 8.86. The molecule has 1 amide bonds. The lowest BCUT2D eigenvalue weighted by Gasteiger charge is -2.31. The largest absolute Gasteiger partial charge is 0.488 e. The molecule has 2 atom stereocenters. The molecule has 34 heavy (non-hydrogen) atoms. The molecule has 1 saturated carbocycles. The Balaban J connectivity index is 1.36. The quantitative estimate of drug-likeness (QED) is 0.589. The number of fused-ring (bicyclic) bond motifs is 1. The lowest BCUT2D eigenvalue weighted by molar-refractivity contribution is -0.119. The first-order valence-electron chi connectivity index (χ1n) is 12.6. The van der Waals surface area contributed by atoms with Crippen LogP contribution in [0, 0.1) is 12.8 Å². The van der Waals surface area contributed by atoms with Crippen LogP contribution in [0.3, 0.4) is 0 Å². The molecule has 3 aromatic rings. The normalized spacial score (nSPS) is 21.6. The highest BCUT2D eigenvalue weighted by molar-refractivity contribution is 5.88. The molecule has 7 nitrogen and oxygen atoms in total. The first kappa shape index (κ1) is 21.5. The molecule has 0 radical (unpaired) electrons. The molecule has 1 aliphatic carbocycles. The molecule has 3 heterocycles. The van der Waals surface area contributed by atoms with E-state index >= 15 is 0 Å². The van der Waals surface area contributed by atoms with Gasteiger partial charge in [-0.2, -0.15) is 0 Å². The van der Waals surface area contributed by atoms with E-state index in [9.17, 15) is 4.79 Å². The van der Waals surface area contributed by atoms with Crippen molar-refractivity contribution in [3.8, 4) is 16.9 Å². The summed E-state index contributed by atoms with van der Waals surface area (Å²) in [4.78, 5) is 19.0. The minimum atomic E-state index is -0.0585. The summed E-state index contributed by atoms with van der Waals surface area (Å²) in [6.45, 7) is 9.10. The van der Waals surface area contributed by atoms with Crippen LogP contribution in [-0.4, -0.2) is 54.3 Å². The van der Waals surface area contributed by atoms with Gasteiger partial charge in [0.2, 0.25) is 5.91 Å². The van der Waals surface area contributed by atoms with Gasteiger partial charge < -0.3 is 24.8 Å². The Bertz CT molecular complexity index is 1230. The van der Waals surface area contributed by atoms with Crippen LogP contribution >= 0.6 is 0 Å². The van der Waals surface area contributed by atoms with Gasteiger partial charge in [-0.25, -0.2) is 4.98 Å². The number of aryl methyl sites for hydroxylation is 1. The number of hydrogen-bond donors (Lipinski definition) is 2. The maximum absolute atomic E-state index is 11.8. The number of benzene rings is 2. The molecule has 2 saturated heterocycles. The van der Waals surface area contributed by atoms with Crippen LogP contribution in [-0.2, 0) is 4.79 Å². The first-order chi connectivity index (χ1) is 16.6. The topological polar surface area (TPSA) is 71.4 Å². The van der Waals surface area contributed by atoms with Crippen molar-refractivity contribution < 1.29 is 9.53 Å². The molecule has 2 N–H and O–H groups in total. The lowest BCUT2D eigenvalue weighted by atomic mass is 10.00. The van der Waals surface area contributed by atoms with Gasteiger partial charge in [0.05, 0.1) is 11.8 Å². The SMILES string of the molecule is Cc1cc(-c2cc(O[C@H](C)[C@H]3CNC(=O)C3)c3c(c2)ncn3C2CC2)ccc1N1CCNCC1. The maximum atomic E-state index is 11.8. The van der Waals surface area contributed by atoms with E-state index in [4.69, 9.17) is 9.72 Å². The van der Waals surface area contributed by atoms with Crippen molar-refractivity contribution in [2.24, 2.45) is 5.92 Å². The summed E-state index contributed by atoms with van der Waals surface area (Å²) >= 11 is 0. The molecule has 0 unspecified atom stereocenters. The van der Waals surface area contributed by atoms with Gasteiger partial charge in [0.25, 0.3) is 0 Å². The van der Waals surface area contributed by atoms with Crippen LogP contribution in [0.2, 0.25) is 0 Å². The summed E-state index contributed by atoms with van der Waals surface area (Å²) in [7, 11) is 0. The molecule has 1 aromatic heterocycles. The first-order valence-corrected chi connectivity index (χ1v) is 12.6. The van der Waals surface area contributed by atoms with Crippen LogP contribution in [0.5, 0.6) is 5.75 Å². The number of nitrogens with zero attached hydrogens (tertiary/aromatic N) is 3. The average molecular weight is 460 g/mol. The summed E-state index contributed by atoms with van der Waals surface area (Å²) in [5, 5.41) is 6.37. The zero-order valence-corrected chi connectivity index (χ0v) is 20.0. The molecular formula is C27H33N5O2. The van der Waals surface area contributed by atoms with Crippen LogP contribution in [0.1, 0.15) is 37.8 Å². The monoisotopic (exact) mass is 459 g/mol. The van der Waals surface area contributed by atoms with Gasteiger partial charge in [-0.15, -0.1) is 0 Å². The number of hydrogen-bond acceptors (Lipinski definition) is 5. The number of imidazole rings is 1. The number of ether oxygens (including phenoxy) is 1. The summed E-state index contributed by atoms with van der Waals surface area (Å²) in [5.74, 6) is 1.17. The lowest BCUT2D eigenvalue weighted by Crippen LogP contribution is -2.43. The third-order valence-electron chi connectivity index (χ3n) is 7.55. The third kappa shape index (κ3) is 4.02. The van der Waals surface area contributed by atoms with E-state index in [1.165, 1.54) is 29.7 Å². The van der Waals surface area contributed by atoms with E-state index in [1.54, 1.807) is 0 Å². The zero-order valence-electron chi connectivity index (χ0n) is 20.0. The van der Waals surface area contributed by atoms with Crippen LogP contribution in [0.4, 0.5) is 5.69 Å².